The maximum Gasteiger partial charge on any atom is 0.415 e. The first-order valence-electron chi connectivity index (χ1n) is 47.9. The number of nitrogens with two attached hydrogens (primary N) is 1. The van der Waals surface area contributed by atoms with Crippen molar-refractivity contribution in [2.24, 2.45) is 11.8 Å². The third kappa shape index (κ3) is 25.9. The Bertz CT molecular complexity index is 7300. The monoisotopic (exact) mass is 2050 g/mol. The second kappa shape index (κ2) is 46.7. The molecule has 5 amide bonds. The Morgan fingerprint density at radius 1 is 0.435 bits per heavy atom. The maximum atomic E-state index is 13.4. The fourth-order valence-corrected chi connectivity index (χ4v) is 16.4. The van der Waals surface area contributed by atoms with E-state index in [1.165, 1.54) is 93.0 Å². The SMILES string of the molecule is CCO[C@@H]1CCC1CC(=O)c1cnn2c(N(C)C(=O)OC(C)(C)C)cc(Cl)nc12.CCO[C@@H]1CCC1NC(=O)c1cnn2c(N(C)C(=O)OC(C)(C)C)cc(Nc3cccn(-c4ccccn4)c3=O)nc12.CCO[C@@H]1CCC1NC(=O)c1cnn2c(NC)cc(Nc3cccn(-c4ccccn4)c3=O)nc12.CN(C(=O)OC(C)(C)C)c1cc(Cl)nc2c(C(=O)CC3CC[C@H]3O)cnn12.Nc1cccn(-c2ccccn2)c1=O. The second-order valence-corrected chi connectivity index (χ2v) is 38.7. The molecule has 0 spiro atoms. The molecule has 18 rings (SSSR count). The van der Waals surface area contributed by atoms with Crippen molar-refractivity contribution in [2.45, 2.75) is 201 Å². The molecule has 14 aromatic rings. The van der Waals surface area contributed by atoms with Crippen molar-refractivity contribution in [2.75, 3.05) is 84.4 Å². The molecule has 8 N–H and O–H groups in total. The predicted octanol–water partition coefficient (Wildman–Crippen LogP) is 14.1. The Morgan fingerprint density at radius 2 is 0.796 bits per heavy atom. The molecule has 774 valence electrons. The molecule has 14 heterocycles. The van der Waals surface area contributed by atoms with E-state index in [9.17, 15) is 53.1 Å². The third-order valence-corrected chi connectivity index (χ3v) is 24.4. The Hall–Kier alpha value is -15.5. The number of ketones is 2. The first-order chi connectivity index (χ1) is 70.1. The lowest BCUT2D eigenvalue weighted by Crippen LogP contribution is -2.51. The molecule has 0 radical (unpaired) electrons. The van der Waals surface area contributed by atoms with Gasteiger partial charge in [0.25, 0.3) is 28.5 Å². The number of aliphatic hydroxyl groups excluding tert-OH is 1. The molecule has 4 aliphatic rings. The summed E-state index contributed by atoms with van der Waals surface area (Å²) >= 11 is 12.3. The number of halogens is 2. The normalized spacial score (nSPS) is 17.1. The zero-order chi connectivity index (χ0) is 106. The Morgan fingerprint density at radius 3 is 1.16 bits per heavy atom. The molecule has 4 unspecified atom stereocenters. The zero-order valence-corrected chi connectivity index (χ0v) is 85.8. The Labute approximate surface area is 854 Å². The average Bonchev–Trinajstić information content (AvgIpc) is 1.63. The van der Waals surface area contributed by atoms with E-state index in [1.54, 1.807) is 209 Å². The van der Waals surface area contributed by atoms with Gasteiger partial charge in [0, 0.05) is 122 Å². The summed E-state index contributed by atoms with van der Waals surface area (Å²) < 4.78 is 43.4. The Balaban J connectivity index is 0.000000150. The van der Waals surface area contributed by atoms with Crippen LogP contribution in [0.25, 0.3) is 40.0 Å². The number of carbonyl (C=O) groups excluding carboxylic acids is 7. The summed E-state index contributed by atoms with van der Waals surface area (Å²) in [7, 11) is 6.37. The molecule has 4 fully saturated rings. The molecule has 8 atom stereocenters. The summed E-state index contributed by atoms with van der Waals surface area (Å²) in [5.41, 5.74) is 5.71. The molecular formula is C101H119Cl2N27O17. The minimum Gasteiger partial charge on any atom is -0.443 e. The summed E-state index contributed by atoms with van der Waals surface area (Å²) in [5.74, 6) is 3.05. The van der Waals surface area contributed by atoms with Gasteiger partial charge in [0.05, 0.1) is 78.1 Å². The van der Waals surface area contributed by atoms with Crippen molar-refractivity contribution in [1.29, 1.82) is 0 Å². The lowest BCUT2D eigenvalue weighted by molar-refractivity contribution is -0.0407. The molecule has 0 saturated heterocycles. The van der Waals surface area contributed by atoms with E-state index in [2.05, 4.69) is 81.9 Å². The number of aromatic nitrogens is 18. The Kier molecular flexibility index (Phi) is 34.1. The van der Waals surface area contributed by atoms with E-state index in [1.807, 2.05) is 32.9 Å². The standard InChI is InChI=1S/C29H34N8O5.C24H26N8O3.C20H27ClN4O4.C18H23ClN4O4.C10H9N3O/c1-6-41-21-13-12-19(21)33-26(38)18-17-31-37-24(35(5)28(40)42-29(2,3)4)16-22(34-25(18)37)32-20-10-9-15-36(27(20)39)23-11-7-8-14-30-23;1-3-35-18-10-9-16(18)29-23(33)15-14-27-32-21(25-2)13-19(30-22(15)32)28-17-7-6-12-31(24(17)34)20-8-4-5-11-26-20;1-6-28-15-8-7-12(15)9-14(26)13-11-22-25-17(10-16(21)23-18(13)25)24(5)19(27)29-20(2,3)4;1-18(2,3)27-17(26)22(4)15-8-14(19)21-16-11(9-20-23(15)16)13(25)7-10-5-6-12(10)24;11-8-4-3-7-13(10(8)14)9-5-1-2-6-12-9/h7-11,14-17,19,21H,6,12-13H2,1-5H3,(H,32,34)(H,33,38);4-8,11-14,16,18,25H,3,9-10H2,1-2H3,(H,28,30)(H,29,33);10-12,15H,6-9H2,1-5H3;8-10,12,24H,5-7H2,1-4H3;1-7H,11H2/t19?,21-;16?,18-;12?,15-;10?,12-;/m1111./s1. The summed E-state index contributed by atoms with van der Waals surface area (Å²) in [6, 6.07) is 32.1. The van der Waals surface area contributed by atoms with E-state index in [0.717, 1.165) is 51.4 Å². The fourth-order valence-electron chi connectivity index (χ4n) is 16.0. The minimum atomic E-state index is -0.742. The van der Waals surface area contributed by atoms with Gasteiger partial charge in [-0.05, 0) is 219 Å². The van der Waals surface area contributed by atoms with Crippen LogP contribution < -0.4 is 63.7 Å². The van der Waals surface area contributed by atoms with Gasteiger partial charge in [-0.1, -0.05) is 41.4 Å². The number of Topliss-reactive ketones (excluding diaryl/α,β-unsaturated/α-hetero) is 2. The minimum absolute atomic E-state index is 0.0307. The number of hydrogen-bond donors (Lipinski definition) is 7. The second-order valence-electron chi connectivity index (χ2n) is 37.9. The largest absolute Gasteiger partial charge is 0.443 e. The van der Waals surface area contributed by atoms with Crippen LogP contribution in [-0.2, 0) is 28.4 Å². The average molecular weight is 2050 g/mol. The van der Waals surface area contributed by atoms with Crippen LogP contribution in [0.4, 0.5) is 66.4 Å². The van der Waals surface area contributed by atoms with Gasteiger partial charge in [-0.25, -0.2) is 49.3 Å². The quantitative estimate of drug-likeness (QED) is 0.0143. The number of anilines is 9. The first kappa shape index (κ1) is 107. The van der Waals surface area contributed by atoms with E-state index in [-0.39, 0.29) is 139 Å². The predicted molar refractivity (Wildman–Crippen MR) is 552 cm³/mol. The molecule has 0 bridgehead atoms. The van der Waals surface area contributed by atoms with Crippen LogP contribution in [-0.4, -0.2) is 235 Å². The number of pyridine rings is 6. The summed E-state index contributed by atoms with van der Waals surface area (Å²) in [6.07, 6.45) is 21.1. The van der Waals surface area contributed by atoms with E-state index < -0.39 is 41.2 Å². The van der Waals surface area contributed by atoms with Crippen LogP contribution in [0.15, 0.2) is 192 Å². The number of carbonyl (C=O) groups is 7. The summed E-state index contributed by atoms with van der Waals surface area (Å²) in [5, 5.41) is 42.5. The number of nitrogens with zero attached hydrogens (tertiary/aromatic N) is 21. The fraction of sp³-hybridized carbons (Fsp3) is 0.396. The summed E-state index contributed by atoms with van der Waals surface area (Å²) in [6.45, 7) is 23.6. The first-order valence-corrected chi connectivity index (χ1v) is 48.7. The number of hydrogen-bond acceptors (Lipinski definition) is 32. The number of nitrogens with one attached hydrogen (secondary N) is 5. The van der Waals surface area contributed by atoms with E-state index in [4.69, 9.17) is 57.4 Å². The lowest BCUT2D eigenvalue weighted by atomic mass is 9.78. The van der Waals surface area contributed by atoms with Crippen LogP contribution in [0.5, 0.6) is 0 Å². The topological polar surface area (TPSA) is 516 Å². The van der Waals surface area contributed by atoms with Gasteiger partial charge in [0.15, 0.2) is 34.2 Å². The van der Waals surface area contributed by atoms with Crippen LogP contribution in [0, 0.1) is 11.8 Å². The third-order valence-electron chi connectivity index (χ3n) is 24.0. The van der Waals surface area contributed by atoms with Crippen molar-refractivity contribution in [3.8, 4) is 17.5 Å². The van der Waals surface area contributed by atoms with Crippen LogP contribution >= 0.6 is 23.2 Å². The zero-order valence-electron chi connectivity index (χ0n) is 84.3. The van der Waals surface area contributed by atoms with E-state index >= 15 is 0 Å². The highest BCUT2D eigenvalue weighted by molar-refractivity contribution is 6.30. The van der Waals surface area contributed by atoms with Crippen molar-refractivity contribution >= 4 is 139 Å². The number of amides is 5. The number of fused-ring (bicyclic) bond motifs is 4. The molecular weight excluding hydrogens is 1930 g/mol. The molecule has 4 saturated carbocycles. The lowest BCUT2D eigenvalue weighted by Gasteiger charge is -2.36. The summed E-state index contributed by atoms with van der Waals surface area (Å²) in [4.78, 5) is 162. The smallest absolute Gasteiger partial charge is 0.415 e. The number of ether oxygens (including phenoxy) is 6. The van der Waals surface area contributed by atoms with Crippen molar-refractivity contribution < 1.29 is 67.1 Å². The van der Waals surface area contributed by atoms with Crippen molar-refractivity contribution in [3.05, 3.63) is 241 Å². The van der Waals surface area contributed by atoms with Crippen LogP contribution in [0.2, 0.25) is 10.3 Å². The van der Waals surface area contributed by atoms with Crippen molar-refractivity contribution in [1.82, 2.24) is 97.7 Å². The molecule has 0 aliphatic heterocycles. The van der Waals surface area contributed by atoms with Gasteiger partial charge in [0.2, 0.25) is 0 Å². The number of aliphatic hydroxyl groups is 1. The van der Waals surface area contributed by atoms with Gasteiger partial charge in [-0.15, -0.1) is 0 Å². The van der Waals surface area contributed by atoms with Crippen LogP contribution in [0.1, 0.15) is 189 Å². The van der Waals surface area contributed by atoms with Gasteiger partial charge in [-0.2, -0.15) is 38.5 Å². The van der Waals surface area contributed by atoms with Gasteiger partial charge >= 0.3 is 18.3 Å². The highest BCUT2D eigenvalue weighted by Gasteiger charge is 2.39. The molecule has 4 aliphatic carbocycles. The van der Waals surface area contributed by atoms with Gasteiger partial charge in [0.1, 0.15) is 102 Å². The highest BCUT2D eigenvalue weighted by Crippen LogP contribution is 2.38. The van der Waals surface area contributed by atoms with Gasteiger partial charge in [-0.3, -0.25) is 62.0 Å². The number of rotatable bonds is 27. The van der Waals surface area contributed by atoms with E-state index in [0.29, 0.717) is 101 Å². The van der Waals surface area contributed by atoms with Gasteiger partial charge < -0.3 is 65.8 Å². The molecule has 147 heavy (non-hydrogen) atoms. The molecule has 14 aromatic heterocycles. The van der Waals surface area contributed by atoms with Crippen molar-refractivity contribution in [3.63, 3.8) is 0 Å². The van der Waals surface area contributed by atoms with Crippen LogP contribution in [0.3, 0.4) is 0 Å². The highest BCUT2D eigenvalue weighted by atomic mass is 35.5. The molecule has 44 nitrogen and oxygen atoms in total. The number of nitrogen functional groups attached to an aromatic ring is 1. The maximum absolute atomic E-state index is 13.4. The molecule has 46 heteroatoms. The molecule has 0 aromatic carbocycles.